The van der Waals surface area contributed by atoms with Crippen LogP contribution in [0.5, 0.6) is 0 Å². The summed E-state index contributed by atoms with van der Waals surface area (Å²) in [6, 6.07) is 8.45. The van der Waals surface area contributed by atoms with Crippen LogP contribution in [0.3, 0.4) is 0 Å². The average molecular weight is 271 g/mol. The molecule has 1 aliphatic heterocycles. The van der Waals surface area contributed by atoms with Crippen molar-refractivity contribution in [3.05, 3.63) is 36.0 Å². The van der Waals surface area contributed by atoms with Gasteiger partial charge in [-0.3, -0.25) is 4.79 Å². The van der Waals surface area contributed by atoms with Crippen LogP contribution in [0.15, 0.2) is 30.5 Å². The van der Waals surface area contributed by atoms with Gasteiger partial charge in [0.2, 0.25) is 5.91 Å². The van der Waals surface area contributed by atoms with Crippen LogP contribution < -0.4 is 0 Å². The average Bonchev–Trinajstić information content (AvgIpc) is 2.90. The van der Waals surface area contributed by atoms with Crippen molar-refractivity contribution in [3.63, 3.8) is 0 Å². The summed E-state index contributed by atoms with van der Waals surface area (Å²) in [5.74, 6) is 0.244. The Balaban J connectivity index is 2.01. The fraction of sp³-hybridized carbons (Fsp3) is 0.438. The molecule has 4 heteroatoms. The summed E-state index contributed by atoms with van der Waals surface area (Å²) in [7, 11) is 2.12. The van der Waals surface area contributed by atoms with Gasteiger partial charge >= 0.3 is 0 Å². The van der Waals surface area contributed by atoms with Gasteiger partial charge in [0.05, 0.1) is 6.04 Å². The summed E-state index contributed by atoms with van der Waals surface area (Å²) >= 11 is 0. The molecule has 1 aromatic heterocycles. The Morgan fingerprint density at radius 2 is 2.15 bits per heavy atom. The highest BCUT2D eigenvalue weighted by Gasteiger charge is 2.30. The number of nitrogens with one attached hydrogen (secondary N) is 1. The number of benzene rings is 1. The minimum absolute atomic E-state index is 0.150. The molecule has 2 aromatic rings. The molecule has 4 nitrogen and oxygen atoms in total. The van der Waals surface area contributed by atoms with E-state index in [1.807, 2.05) is 17.9 Å². The fourth-order valence-corrected chi connectivity index (χ4v) is 3.06. The molecule has 1 amide bonds. The number of carbonyl (C=O) groups is 1. The summed E-state index contributed by atoms with van der Waals surface area (Å²) in [6.07, 6.45) is 2.63. The van der Waals surface area contributed by atoms with Crippen molar-refractivity contribution in [2.24, 2.45) is 0 Å². The van der Waals surface area contributed by atoms with Gasteiger partial charge in [-0.15, -0.1) is 0 Å². The van der Waals surface area contributed by atoms with Crippen molar-refractivity contribution in [1.29, 1.82) is 0 Å². The first-order valence-corrected chi connectivity index (χ1v) is 7.24. The van der Waals surface area contributed by atoms with E-state index in [-0.39, 0.29) is 11.9 Å². The Kier molecular flexibility index (Phi) is 3.49. The van der Waals surface area contributed by atoms with Gasteiger partial charge in [-0.2, -0.15) is 0 Å². The number of likely N-dealkylation sites (N-methyl/N-ethyl adjacent to an activating group) is 1. The van der Waals surface area contributed by atoms with E-state index in [2.05, 4.69) is 41.3 Å². The van der Waals surface area contributed by atoms with E-state index < -0.39 is 0 Å². The van der Waals surface area contributed by atoms with E-state index in [0.29, 0.717) is 6.42 Å². The lowest BCUT2D eigenvalue weighted by atomic mass is 10.0. The largest absolute Gasteiger partial charge is 0.361 e. The SMILES string of the molecule is CCC(=O)N1CCN(C)CC1c1c[nH]c2ccccc12. The zero-order valence-electron chi connectivity index (χ0n) is 12.1. The first kappa shape index (κ1) is 13.2. The van der Waals surface area contributed by atoms with Gasteiger partial charge in [-0.25, -0.2) is 0 Å². The number of H-pyrrole nitrogens is 1. The third kappa shape index (κ3) is 2.20. The van der Waals surface area contributed by atoms with Gasteiger partial charge in [0.1, 0.15) is 0 Å². The van der Waals surface area contributed by atoms with Gasteiger partial charge in [-0.1, -0.05) is 25.1 Å². The maximum absolute atomic E-state index is 12.2. The minimum Gasteiger partial charge on any atom is -0.361 e. The van der Waals surface area contributed by atoms with Crippen LogP contribution in [0.25, 0.3) is 10.9 Å². The fourth-order valence-electron chi connectivity index (χ4n) is 3.06. The molecular formula is C16H21N3O. The molecule has 3 rings (SSSR count). The molecule has 0 radical (unpaired) electrons. The van der Waals surface area contributed by atoms with Crippen LogP contribution in [0.4, 0.5) is 0 Å². The zero-order valence-corrected chi connectivity index (χ0v) is 12.1. The quantitative estimate of drug-likeness (QED) is 0.911. The number of hydrogen-bond donors (Lipinski definition) is 1. The Morgan fingerprint density at radius 3 is 2.95 bits per heavy atom. The molecule has 20 heavy (non-hydrogen) atoms. The van der Waals surface area contributed by atoms with Crippen molar-refractivity contribution in [2.45, 2.75) is 19.4 Å². The topological polar surface area (TPSA) is 39.3 Å². The van der Waals surface area contributed by atoms with Crippen molar-refractivity contribution < 1.29 is 4.79 Å². The van der Waals surface area contributed by atoms with Gasteiger partial charge in [0, 0.05) is 48.7 Å². The molecular weight excluding hydrogens is 250 g/mol. The second-order valence-corrected chi connectivity index (χ2v) is 5.51. The number of piperazine rings is 1. The van der Waals surface area contributed by atoms with Crippen molar-refractivity contribution in [2.75, 3.05) is 26.7 Å². The molecule has 0 saturated carbocycles. The Hall–Kier alpha value is -1.81. The third-order valence-corrected chi connectivity index (χ3v) is 4.19. The first-order valence-electron chi connectivity index (χ1n) is 7.24. The summed E-state index contributed by atoms with van der Waals surface area (Å²) in [4.78, 5) is 19.9. The minimum atomic E-state index is 0.150. The third-order valence-electron chi connectivity index (χ3n) is 4.19. The van der Waals surface area contributed by atoms with Gasteiger partial charge in [-0.05, 0) is 13.1 Å². The molecule has 106 valence electrons. The van der Waals surface area contributed by atoms with Gasteiger partial charge in [0.15, 0.2) is 0 Å². The molecule has 1 fully saturated rings. The second kappa shape index (κ2) is 5.29. The predicted octanol–water partition coefficient (Wildman–Crippen LogP) is 2.39. The highest BCUT2D eigenvalue weighted by molar-refractivity contribution is 5.85. The molecule has 1 aromatic carbocycles. The highest BCUT2D eigenvalue weighted by Crippen LogP contribution is 2.31. The number of amides is 1. The number of nitrogens with zero attached hydrogens (tertiary/aromatic N) is 2. The lowest BCUT2D eigenvalue weighted by Gasteiger charge is -2.40. The highest BCUT2D eigenvalue weighted by atomic mass is 16.2. The number of aromatic amines is 1. The molecule has 1 atom stereocenters. The lowest BCUT2D eigenvalue weighted by Crippen LogP contribution is -2.49. The van der Waals surface area contributed by atoms with E-state index in [0.717, 1.165) is 25.2 Å². The van der Waals surface area contributed by atoms with Gasteiger partial charge in [0.25, 0.3) is 0 Å². The van der Waals surface area contributed by atoms with Crippen LogP contribution in [-0.2, 0) is 4.79 Å². The van der Waals surface area contributed by atoms with Crippen LogP contribution in [0.2, 0.25) is 0 Å². The maximum atomic E-state index is 12.2. The van der Waals surface area contributed by atoms with Crippen LogP contribution >= 0.6 is 0 Å². The second-order valence-electron chi connectivity index (χ2n) is 5.51. The first-order chi connectivity index (χ1) is 9.70. The molecule has 1 unspecified atom stereocenters. The smallest absolute Gasteiger partial charge is 0.222 e. The zero-order chi connectivity index (χ0) is 14.1. The molecule has 0 aliphatic carbocycles. The van der Waals surface area contributed by atoms with Crippen LogP contribution in [0.1, 0.15) is 24.9 Å². The predicted molar refractivity (Wildman–Crippen MR) is 80.5 cm³/mol. The molecule has 0 spiro atoms. The molecule has 1 saturated heterocycles. The summed E-state index contributed by atoms with van der Waals surface area (Å²) < 4.78 is 0. The number of rotatable bonds is 2. The van der Waals surface area contributed by atoms with E-state index in [4.69, 9.17) is 0 Å². The summed E-state index contributed by atoms with van der Waals surface area (Å²) in [5, 5.41) is 1.22. The van der Waals surface area contributed by atoms with E-state index in [9.17, 15) is 4.79 Å². The van der Waals surface area contributed by atoms with Crippen molar-refractivity contribution in [1.82, 2.24) is 14.8 Å². The van der Waals surface area contributed by atoms with E-state index >= 15 is 0 Å². The number of hydrogen-bond acceptors (Lipinski definition) is 2. The van der Waals surface area contributed by atoms with E-state index in [1.165, 1.54) is 10.9 Å². The Labute approximate surface area is 119 Å². The maximum Gasteiger partial charge on any atom is 0.222 e. The summed E-state index contributed by atoms with van der Waals surface area (Å²) in [5.41, 5.74) is 2.37. The molecule has 2 heterocycles. The molecule has 1 N–H and O–H groups in total. The molecule has 0 bridgehead atoms. The van der Waals surface area contributed by atoms with E-state index in [1.54, 1.807) is 0 Å². The van der Waals surface area contributed by atoms with Crippen LogP contribution in [0, 0.1) is 0 Å². The number of carbonyl (C=O) groups excluding carboxylic acids is 1. The number of para-hydroxylation sites is 1. The van der Waals surface area contributed by atoms with Gasteiger partial charge < -0.3 is 14.8 Å². The summed E-state index contributed by atoms with van der Waals surface area (Å²) in [6.45, 7) is 4.60. The van der Waals surface area contributed by atoms with Crippen molar-refractivity contribution in [3.8, 4) is 0 Å². The normalized spacial score (nSPS) is 20.5. The monoisotopic (exact) mass is 271 g/mol. The lowest BCUT2D eigenvalue weighted by molar-refractivity contribution is -0.135. The Bertz CT molecular complexity index is 619. The number of aromatic nitrogens is 1. The Morgan fingerprint density at radius 1 is 1.35 bits per heavy atom. The molecule has 1 aliphatic rings. The standard InChI is InChI=1S/C16H21N3O/c1-3-16(20)19-9-8-18(2)11-15(19)13-10-17-14-7-5-4-6-12(13)14/h4-7,10,15,17H,3,8-9,11H2,1-2H3. The number of fused-ring (bicyclic) bond motifs is 1. The van der Waals surface area contributed by atoms with Crippen molar-refractivity contribution >= 4 is 16.8 Å². The van der Waals surface area contributed by atoms with Crippen LogP contribution in [-0.4, -0.2) is 47.4 Å².